The molecule has 3 nitrogen and oxygen atoms in total. The quantitative estimate of drug-likeness (QED) is 0.835. The topological polar surface area (TPSA) is 41.1 Å². The van der Waals surface area contributed by atoms with Crippen molar-refractivity contribution in [3.63, 3.8) is 0 Å². The van der Waals surface area contributed by atoms with Crippen LogP contribution in [0.4, 0.5) is 10.1 Å². The average molecular weight is 245 g/mol. The lowest BCUT2D eigenvalue weighted by Gasteiger charge is -2.07. The largest absolute Gasteiger partial charge is 0.384 e. The zero-order chi connectivity index (χ0) is 12.0. The van der Waals surface area contributed by atoms with Gasteiger partial charge in [-0.1, -0.05) is 11.6 Å². The van der Waals surface area contributed by atoms with E-state index in [-0.39, 0.29) is 5.91 Å². The summed E-state index contributed by atoms with van der Waals surface area (Å²) in [5, 5.41) is 5.94. The minimum Gasteiger partial charge on any atom is -0.384 e. The second-order valence-corrected chi connectivity index (χ2v) is 3.72. The van der Waals surface area contributed by atoms with E-state index in [9.17, 15) is 9.18 Å². The summed E-state index contributed by atoms with van der Waals surface area (Å²) in [6.45, 7) is 2.92. The fourth-order valence-corrected chi connectivity index (χ4v) is 1.48. The Hall–Kier alpha value is -1.29. The van der Waals surface area contributed by atoms with Gasteiger partial charge in [-0.15, -0.1) is 0 Å². The van der Waals surface area contributed by atoms with E-state index >= 15 is 0 Å². The molecule has 0 atom stereocenters. The maximum absolute atomic E-state index is 12.9. The molecule has 0 heterocycles. The highest BCUT2D eigenvalue weighted by molar-refractivity contribution is 6.30. The van der Waals surface area contributed by atoms with E-state index in [1.807, 2.05) is 6.92 Å². The number of hydrogen-bond donors (Lipinski definition) is 2. The molecule has 1 amide bonds. The van der Waals surface area contributed by atoms with Gasteiger partial charge in [-0.3, -0.25) is 4.79 Å². The number of rotatable bonds is 5. The lowest BCUT2D eigenvalue weighted by Crippen LogP contribution is -2.24. The average Bonchev–Trinajstić information content (AvgIpc) is 2.16. The standard InChI is InChI=1S/C11H14ClFN2O/c1-2-14-11(16)3-4-15-10-6-8(12)5-9(13)7-10/h5-7,15H,2-4H2,1H3,(H,14,16). The maximum Gasteiger partial charge on any atom is 0.221 e. The van der Waals surface area contributed by atoms with E-state index < -0.39 is 5.82 Å². The van der Waals surface area contributed by atoms with Crippen molar-refractivity contribution in [2.75, 3.05) is 18.4 Å². The van der Waals surface area contributed by atoms with Gasteiger partial charge in [0.1, 0.15) is 5.82 Å². The molecule has 2 N–H and O–H groups in total. The highest BCUT2D eigenvalue weighted by atomic mass is 35.5. The summed E-state index contributed by atoms with van der Waals surface area (Å²) in [6.07, 6.45) is 0.349. The van der Waals surface area contributed by atoms with Crippen molar-refractivity contribution < 1.29 is 9.18 Å². The fraction of sp³-hybridized carbons (Fsp3) is 0.364. The van der Waals surface area contributed by atoms with Crippen LogP contribution in [0.15, 0.2) is 18.2 Å². The summed E-state index contributed by atoms with van der Waals surface area (Å²) in [4.78, 5) is 11.1. The summed E-state index contributed by atoms with van der Waals surface area (Å²) >= 11 is 5.68. The maximum atomic E-state index is 12.9. The minimum absolute atomic E-state index is 0.0301. The van der Waals surface area contributed by atoms with Crippen molar-refractivity contribution >= 4 is 23.2 Å². The van der Waals surface area contributed by atoms with Crippen molar-refractivity contribution in [3.05, 3.63) is 29.0 Å². The van der Waals surface area contributed by atoms with E-state index in [1.165, 1.54) is 12.1 Å². The number of amides is 1. The molecular weight excluding hydrogens is 231 g/mol. The second kappa shape index (κ2) is 6.33. The first kappa shape index (κ1) is 12.8. The molecule has 0 aliphatic heterocycles. The molecule has 16 heavy (non-hydrogen) atoms. The van der Waals surface area contributed by atoms with Crippen LogP contribution in [0.5, 0.6) is 0 Å². The van der Waals surface area contributed by atoms with E-state index in [2.05, 4.69) is 10.6 Å². The number of benzene rings is 1. The van der Waals surface area contributed by atoms with Gasteiger partial charge in [-0.2, -0.15) is 0 Å². The molecule has 0 radical (unpaired) electrons. The van der Waals surface area contributed by atoms with Crippen molar-refractivity contribution in [1.29, 1.82) is 0 Å². The van der Waals surface area contributed by atoms with Gasteiger partial charge < -0.3 is 10.6 Å². The molecule has 1 rings (SSSR count). The Morgan fingerprint density at radius 1 is 1.44 bits per heavy atom. The third-order valence-corrected chi connectivity index (χ3v) is 2.14. The first-order chi connectivity index (χ1) is 7.61. The van der Waals surface area contributed by atoms with Gasteiger partial charge in [0.05, 0.1) is 0 Å². The SMILES string of the molecule is CCNC(=O)CCNc1cc(F)cc(Cl)c1. The van der Waals surface area contributed by atoms with Gasteiger partial charge in [0.2, 0.25) is 5.91 Å². The van der Waals surface area contributed by atoms with Gasteiger partial charge >= 0.3 is 0 Å². The zero-order valence-corrected chi connectivity index (χ0v) is 9.77. The number of nitrogens with one attached hydrogen (secondary N) is 2. The Balaban J connectivity index is 2.40. The van der Waals surface area contributed by atoms with Crippen LogP contribution in [-0.2, 0) is 4.79 Å². The molecule has 0 aliphatic rings. The van der Waals surface area contributed by atoms with Crippen molar-refractivity contribution in [1.82, 2.24) is 5.32 Å². The zero-order valence-electron chi connectivity index (χ0n) is 9.02. The lowest BCUT2D eigenvalue weighted by molar-refractivity contribution is -0.120. The Kier molecular flexibility index (Phi) is 5.05. The van der Waals surface area contributed by atoms with Crippen LogP contribution in [0.25, 0.3) is 0 Å². The molecule has 0 aromatic heterocycles. The number of carbonyl (C=O) groups is 1. The molecule has 88 valence electrons. The normalized spacial score (nSPS) is 9.94. The number of halogens is 2. The molecule has 5 heteroatoms. The smallest absolute Gasteiger partial charge is 0.221 e. The van der Waals surface area contributed by atoms with Crippen molar-refractivity contribution in [2.45, 2.75) is 13.3 Å². The highest BCUT2D eigenvalue weighted by Gasteiger charge is 2.01. The van der Waals surface area contributed by atoms with Gasteiger partial charge in [-0.05, 0) is 25.1 Å². The molecule has 1 aromatic rings. The predicted molar refractivity (Wildman–Crippen MR) is 63.2 cm³/mol. The van der Waals surface area contributed by atoms with E-state index in [0.29, 0.717) is 30.2 Å². The Bertz CT molecular complexity index is 351. The second-order valence-electron chi connectivity index (χ2n) is 3.29. The summed E-state index contributed by atoms with van der Waals surface area (Å²) in [6, 6.07) is 4.18. The van der Waals surface area contributed by atoms with Crippen molar-refractivity contribution in [2.24, 2.45) is 0 Å². The molecule has 0 fully saturated rings. The molecule has 0 bridgehead atoms. The monoisotopic (exact) mass is 244 g/mol. The Morgan fingerprint density at radius 2 is 2.19 bits per heavy atom. The molecule has 1 aromatic carbocycles. The van der Waals surface area contributed by atoms with Crippen molar-refractivity contribution in [3.8, 4) is 0 Å². The number of anilines is 1. The van der Waals surface area contributed by atoms with Crippen LogP contribution < -0.4 is 10.6 Å². The summed E-state index contributed by atoms with van der Waals surface area (Å²) in [7, 11) is 0. The van der Waals surface area contributed by atoms with Gasteiger partial charge in [0, 0.05) is 30.2 Å². The summed E-state index contributed by atoms with van der Waals surface area (Å²) in [5.41, 5.74) is 0.578. The minimum atomic E-state index is -0.395. The summed E-state index contributed by atoms with van der Waals surface area (Å²) < 4.78 is 12.9. The van der Waals surface area contributed by atoms with E-state index in [0.717, 1.165) is 0 Å². The number of hydrogen-bond acceptors (Lipinski definition) is 2. The van der Waals surface area contributed by atoms with Gasteiger partial charge in [0.25, 0.3) is 0 Å². The third-order valence-electron chi connectivity index (χ3n) is 1.92. The summed E-state index contributed by atoms with van der Waals surface area (Å²) in [5.74, 6) is -0.425. The molecule has 0 saturated carbocycles. The number of carbonyl (C=O) groups excluding carboxylic acids is 1. The molecule has 0 aliphatic carbocycles. The molecule has 0 saturated heterocycles. The van der Waals surface area contributed by atoms with Gasteiger partial charge in [-0.25, -0.2) is 4.39 Å². The van der Waals surface area contributed by atoms with Crippen LogP contribution in [0.1, 0.15) is 13.3 Å². The van der Waals surface area contributed by atoms with Crippen LogP contribution in [0, 0.1) is 5.82 Å². The fourth-order valence-electron chi connectivity index (χ4n) is 1.26. The first-order valence-electron chi connectivity index (χ1n) is 5.08. The molecular formula is C11H14ClFN2O. The molecule has 0 unspecified atom stereocenters. The van der Waals surface area contributed by atoms with E-state index in [4.69, 9.17) is 11.6 Å². The predicted octanol–water partition coefficient (Wildman–Crippen LogP) is 2.42. The van der Waals surface area contributed by atoms with Crippen LogP contribution >= 0.6 is 11.6 Å². The first-order valence-corrected chi connectivity index (χ1v) is 5.46. The lowest BCUT2D eigenvalue weighted by atomic mass is 10.3. The Morgan fingerprint density at radius 3 is 2.81 bits per heavy atom. The van der Waals surface area contributed by atoms with Crippen LogP contribution in [-0.4, -0.2) is 19.0 Å². The van der Waals surface area contributed by atoms with E-state index in [1.54, 1.807) is 6.07 Å². The van der Waals surface area contributed by atoms with Crippen LogP contribution in [0.2, 0.25) is 5.02 Å². The Labute approximate surface area is 99.0 Å². The van der Waals surface area contributed by atoms with Gasteiger partial charge in [0.15, 0.2) is 0 Å². The van der Waals surface area contributed by atoms with Crippen LogP contribution in [0.3, 0.4) is 0 Å². The highest BCUT2D eigenvalue weighted by Crippen LogP contribution is 2.17. The third kappa shape index (κ3) is 4.49. The molecule has 0 spiro atoms.